The lowest BCUT2D eigenvalue weighted by molar-refractivity contribution is 0.102. The third-order valence-electron chi connectivity index (χ3n) is 3.09. The Morgan fingerprint density at radius 1 is 1.25 bits per heavy atom. The number of amides is 1. The number of imidazole rings is 1. The lowest BCUT2D eigenvalue weighted by Crippen LogP contribution is -2.13. The Hall–Kier alpha value is -2.63. The number of nitrogens with one attached hydrogen (secondary N) is 1. The summed E-state index contributed by atoms with van der Waals surface area (Å²) in [6.07, 6.45) is 3.73. The van der Waals surface area contributed by atoms with E-state index in [-0.39, 0.29) is 5.91 Å². The van der Waals surface area contributed by atoms with Crippen LogP contribution in [0, 0.1) is 20.8 Å². The molecule has 0 unspecified atom stereocenters. The molecule has 0 aromatic carbocycles. The van der Waals surface area contributed by atoms with Gasteiger partial charge in [0, 0.05) is 12.4 Å². The zero-order valence-corrected chi connectivity index (χ0v) is 11.5. The smallest absolute Gasteiger partial charge is 0.261 e. The highest BCUT2D eigenvalue weighted by Gasteiger charge is 2.17. The molecule has 3 heterocycles. The van der Waals surface area contributed by atoms with Crippen molar-refractivity contribution in [3.63, 3.8) is 0 Å². The molecule has 0 aliphatic carbocycles. The standard InChI is InChI=1S/C14H14N4O2/c1-8-6-18-7-11(4-5-12(18)15-8)16-14(19)13-9(2)17-20-10(13)3/h4-7H,1-3H3,(H,16,19). The zero-order chi connectivity index (χ0) is 14.3. The summed E-state index contributed by atoms with van der Waals surface area (Å²) in [5.41, 5.74) is 3.53. The van der Waals surface area contributed by atoms with Crippen molar-refractivity contribution in [3.05, 3.63) is 47.2 Å². The average molecular weight is 270 g/mol. The van der Waals surface area contributed by atoms with E-state index in [9.17, 15) is 4.79 Å². The second-order valence-electron chi connectivity index (χ2n) is 4.72. The van der Waals surface area contributed by atoms with E-state index in [2.05, 4.69) is 15.5 Å². The van der Waals surface area contributed by atoms with E-state index in [0.29, 0.717) is 22.7 Å². The Morgan fingerprint density at radius 3 is 2.75 bits per heavy atom. The van der Waals surface area contributed by atoms with Gasteiger partial charge in [-0.05, 0) is 32.9 Å². The van der Waals surface area contributed by atoms with Gasteiger partial charge in [0.15, 0.2) is 0 Å². The van der Waals surface area contributed by atoms with Gasteiger partial charge in [0.05, 0.1) is 17.1 Å². The lowest BCUT2D eigenvalue weighted by Gasteiger charge is -2.05. The molecule has 6 heteroatoms. The molecule has 0 aliphatic rings. The maximum Gasteiger partial charge on any atom is 0.261 e. The normalized spacial score (nSPS) is 10.9. The molecule has 3 aromatic heterocycles. The molecular formula is C14H14N4O2. The number of aromatic nitrogens is 3. The number of anilines is 1. The maximum atomic E-state index is 12.2. The third kappa shape index (κ3) is 2.05. The highest BCUT2D eigenvalue weighted by Crippen LogP contribution is 2.16. The summed E-state index contributed by atoms with van der Waals surface area (Å²) in [7, 11) is 0. The van der Waals surface area contributed by atoms with Gasteiger partial charge in [0.25, 0.3) is 5.91 Å². The van der Waals surface area contributed by atoms with Crippen LogP contribution in [0.3, 0.4) is 0 Å². The van der Waals surface area contributed by atoms with Gasteiger partial charge in [-0.2, -0.15) is 0 Å². The predicted molar refractivity (Wildman–Crippen MR) is 73.9 cm³/mol. The van der Waals surface area contributed by atoms with Crippen molar-refractivity contribution in [2.24, 2.45) is 0 Å². The molecule has 3 aromatic rings. The van der Waals surface area contributed by atoms with Crippen LogP contribution in [0.1, 0.15) is 27.5 Å². The first-order valence-electron chi connectivity index (χ1n) is 6.24. The van der Waals surface area contributed by atoms with E-state index in [0.717, 1.165) is 11.3 Å². The molecule has 0 radical (unpaired) electrons. The number of pyridine rings is 1. The Kier molecular flexibility index (Phi) is 2.78. The van der Waals surface area contributed by atoms with Crippen molar-refractivity contribution in [2.45, 2.75) is 20.8 Å². The van der Waals surface area contributed by atoms with E-state index < -0.39 is 0 Å². The summed E-state index contributed by atoms with van der Waals surface area (Å²) in [4.78, 5) is 16.6. The monoisotopic (exact) mass is 270 g/mol. The van der Waals surface area contributed by atoms with Crippen LogP contribution >= 0.6 is 0 Å². The van der Waals surface area contributed by atoms with E-state index >= 15 is 0 Å². The van der Waals surface area contributed by atoms with Gasteiger partial charge in [-0.3, -0.25) is 4.79 Å². The molecule has 0 aliphatic heterocycles. The molecule has 6 nitrogen and oxygen atoms in total. The molecule has 0 fully saturated rings. The van der Waals surface area contributed by atoms with Crippen molar-refractivity contribution < 1.29 is 9.32 Å². The second-order valence-corrected chi connectivity index (χ2v) is 4.72. The Labute approximate surface area is 115 Å². The van der Waals surface area contributed by atoms with Gasteiger partial charge in [-0.15, -0.1) is 0 Å². The average Bonchev–Trinajstić information content (AvgIpc) is 2.91. The quantitative estimate of drug-likeness (QED) is 0.776. The first kappa shape index (κ1) is 12.4. The number of hydrogen-bond acceptors (Lipinski definition) is 4. The predicted octanol–water partition coefficient (Wildman–Crippen LogP) is 2.50. The largest absolute Gasteiger partial charge is 0.361 e. The molecule has 102 valence electrons. The van der Waals surface area contributed by atoms with Crippen LogP contribution in [0.4, 0.5) is 5.69 Å². The van der Waals surface area contributed by atoms with Gasteiger partial charge >= 0.3 is 0 Å². The van der Waals surface area contributed by atoms with Crippen LogP contribution in [0.15, 0.2) is 29.0 Å². The molecular weight excluding hydrogens is 256 g/mol. The van der Waals surface area contributed by atoms with Gasteiger partial charge < -0.3 is 14.2 Å². The number of fused-ring (bicyclic) bond motifs is 1. The van der Waals surface area contributed by atoms with Crippen LogP contribution in [-0.4, -0.2) is 20.4 Å². The van der Waals surface area contributed by atoms with Crippen LogP contribution in [0.2, 0.25) is 0 Å². The minimum Gasteiger partial charge on any atom is -0.361 e. The van der Waals surface area contributed by atoms with Crippen molar-refractivity contribution in [2.75, 3.05) is 5.32 Å². The highest BCUT2D eigenvalue weighted by atomic mass is 16.5. The molecule has 0 saturated carbocycles. The number of hydrogen-bond donors (Lipinski definition) is 1. The van der Waals surface area contributed by atoms with Crippen molar-refractivity contribution in [3.8, 4) is 0 Å². The van der Waals surface area contributed by atoms with Crippen LogP contribution in [0.5, 0.6) is 0 Å². The Balaban J connectivity index is 1.91. The molecule has 20 heavy (non-hydrogen) atoms. The van der Waals surface area contributed by atoms with Crippen molar-refractivity contribution in [1.29, 1.82) is 0 Å². The molecule has 0 bridgehead atoms. The molecule has 3 rings (SSSR count). The van der Waals surface area contributed by atoms with E-state index in [1.165, 1.54) is 0 Å². The Bertz CT molecular complexity index is 781. The number of carbonyl (C=O) groups excluding carboxylic acids is 1. The number of nitrogens with zero attached hydrogens (tertiary/aromatic N) is 3. The lowest BCUT2D eigenvalue weighted by atomic mass is 10.2. The highest BCUT2D eigenvalue weighted by molar-refractivity contribution is 6.05. The summed E-state index contributed by atoms with van der Waals surface area (Å²) in [6, 6.07) is 3.67. The fraction of sp³-hybridized carbons (Fsp3) is 0.214. The fourth-order valence-electron chi connectivity index (χ4n) is 2.19. The van der Waals surface area contributed by atoms with E-state index in [1.807, 2.05) is 35.9 Å². The number of aryl methyl sites for hydroxylation is 3. The molecule has 0 atom stereocenters. The first-order chi connectivity index (χ1) is 9.54. The summed E-state index contributed by atoms with van der Waals surface area (Å²) in [5.74, 6) is 0.289. The molecule has 0 saturated heterocycles. The summed E-state index contributed by atoms with van der Waals surface area (Å²) >= 11 is 0. The van der Waals surface area contributed by atoms with Crippen molar-refractivity contribution >= 4 is 17.2 Å². The van der Waals surface area contributed by atoms with Crippen molar-refractivity contribution in [1.82, 2.24) is 14.5 Å². The number of rotatable bonds is 2. The fourth-order valence-corrected chi connectivity index (χ4v) is 2.19. The van der Waals surface area contributed by atoms with Crippen LogP contribution in [0.25, 0.3) is 5.65 Å². The summed E-state index contributed by atoms with van der Waals surface area (Å²) < 4.78 is 6.87. The SMILES string of the molecule is Cc1cn2cc(NC(=O)c3c(C)noc3C)ccc2n1. The van der Waals surface area contributed by atoms with Gasteiger partial charge in [0.2, 0.25) is 0 Å². The number of carbonyl (C=O) groups is 1. The minimum absolute atomic E-state index is 0.225. The minimum atomic E-state index is -0.225. The van der Waals surface area contributed by atoms with Gasteiger partial charge in [0.1, 0.15) is 17.0 Å². The molecule has 1 amide bonds. The van der Waals surface area contributed by atoms with Gasteiger partial charge in [-0.25, -0.2) is 4.98 Å². The Morgan fingerprint density at radius 2 is 2.05 bits per heavy atom. The van der Waals surface area contributed by atoms with E-state index in [4.69, 9.17) is 4.52 Å². The summed E-state index contributed by atoms with van der Waals surface area (Å²) in [6.45, 7) is 5.39. The molecule has 1 N–H and O–H groups in total. The van der Waals surface area contributed by atoms with Crippen LogP contribution in [-0.2, 0) is 0 Å². The zero-order valence-electron chi connectivity index (χ0n) is 11.5. The summed E-state index contributed by atoms with van der Waals surface area (Å²) in [5, 5.41) is 6.62. The van der Waals surface area contributed by atoms with E-state index in [1.54, 1.807) is 13.8 Å². The first-order valence-corrected chi connectivity index (χ1v) is 6.24. The topological polar surface area (TPSA) is 72.4 Å². The molecule has 0 spiro atoms. The third-order valence-corrected chi connectivity index (χ3v) is 3.09. The second kappa shape index (κ2) is 4.48. The van der Waals surface area contributed by atoms with Crippen LogP contribution < -0.4 is 5.32 Å². The van der Waals surface area contributed by atoms with Gasteiger partial charge in [-0.1, -0.05) is 5.16 Å². The maximum absolute atomic E-state index is 12.2.